The van der Waals surface area contributed by atoms with Crippen LogP contribution in [0.25, 0.3) is 0 Å². The SMILES string of the molecule is CCC1CN(c2ccc3c(c2)OCO3)C(C(C)C)CN1. The van der Waals surface area contributed by atoms with Crippen LogP contribution in [-0.4, -0.2) is 32.0 Å². The first-order valence-corrected chi connectivity index (χ1v) is 7.58. The van der Waals surface area contributed by atoms with Gasteiger partial charge in [-0.25, -0.2) is 0 Å². The van der Waals surface area contributed by atoms with E-state index in [1.54, 1.807) is 0 Å². The molecular formula is C16H24N2O2. The zero-order valence-corrected chi connectivity index (χ0v) is 12.6. The summed E-state index contributed by atoms with van der Waals surface area (Å²) in [6, 6.07) is 7.39. The molecule has 1 aromatic rings. The molecule has 2 aliphatic heterocycles. The number of ether oxygens (including phenoxy) is 2. The molecule has 2 atom stereocenters. The quantitative estimate of drug-likeness (QED) is 0.920. The van der Waals surface area contributed by atoms with Crippen LogP contribution in [0.4, 0.5) is 5.69 Å². The molecule has 0 amide bonds. The van der Waals surface area contributed by atoms with Gasteiger partial charge in [0, 0.05) is 36.9 Å². The third-order valence-electron chi connectivity index (χ3n) is 4.38. The van der Waals surface area contributed by atoms with Crippen molar-refractivity contribution in [2.75, 3.05) is 24.8 Å². The number of benzene rings is 1. The van der Waals surface area contributed by atoms with Gasteiger partial charge in [-0.15, -0.1) is 0 Å². The first kappa shape index (κ1) is 13.6. The van der Waals surface area contributed by atoms with Gasteiger partial charge in [0.15, 0.2) is 11.5 Å². The normalized spacial score (nSPS) is 25.3. The summed E-state index contributed by atoms with van der Waals surface area (Å²) in [7, 11) is 0. The fraction of sp³-hybridized carbons (Fsp3) is 0.625. The molecule has 1 saturated heterocycles. The Labute approximate surface area is 121 Å². The molecule has 0 aliphatic carbocycles. The number of hydrogen-bond donors (Lipinski definition) is 1. The summed E-state index contributed by atoms with van der Waals surface area (Å²) in [5.41, 5.74) is 1.24. The molecule has 0 bridgehead atoms. The fourth-order valence-electron chi connectivity index (χ4n) is 3.06. The van der Waals surface area contributed by atoms with E-state index in [0.29, 0.717) is 24.8 Å². The van der Waals surface area contributed by atoms with Gasteiger partial charge in [0.2, 0.25) is 6.79 Å². The summed E-state index contributed by atoms with van der Waals surface area (Å²) in [6.45, 7) is 9.26. The fourth-order valence-corrected chi connectivity index (χ4v) is 3.06. The van der Waals surface area contributed by atoms with Crippen molar-refractivity contribution in [1.29, 1.82) is 0 Å². The predicted molar refractivity (Wildman–Crippen MR) is 80.6 cm³/mol. The van der Waals surface area contributed by atoms with Crippen molar-refractivity contribution in [1.82, 2.24) is 5.32 Å². The van der Waals surface area contributed by atoms with Gasteiger partial charge in [-0.3, -0.25) is 0 Å². The molecule has 20 heavy (non-hydrogen) atoms. The summed E-state index contributed by atoms with van der Waals surface area (Å²) < 4.78 is 10.9. The van der Waals surface area contributed by atoms with Crippen LogP contribution >= 0.6 is 0 Å². The van der Waals surface area contributed by atoms with Crippen LogP contribution in [0.15, 0.2) is 18.2 Å². The Morgan fingerprint density at radius 3 is 2.85 bits per heavy atom. The molecule has 0 spiro atoms. The maximum atomic E-state index is 5.51. The van der Waals surface area contributed by atoms with E-state index in [0.717, 1.165) is 31.0 Å². The van der Waals surface area contributed by atoms with Crippen molar-refractivity contribution in [2.24, 2.45) is 5.92 Å². The monoisotopic (exact) mass is 276 g/mol. The van der Waals surface area contributed by atoms with Crippen molar-refractivity contribution < 1.29 is 9.47 Å². The second-order valence-electron chi connectivity index (χ2n) is 6.01. The summed E-state index contributed by atoms with van der Waals surface area (Å²) in [5, 5.41) is 3.65. The van der Waals surface area contributed by atoms with Crippen LogP contribution in [-0.2, 0) is 0 Å². The second-order valence-corrected chi connectivity index (χ2v) is 6.01. The minimum Gasteiger partial charge on any atom is -0.454 e. The molecule has 110 valence electrons. The lowest BCUT2D eigenvalue weighted by Crippen LogP contribution is -2.58. The van der Waals surface area contributed by atoms with Crippen LogP contribution in [0.1, 0.15) is 27.2 Å². The van der Waals surface area contributed by atoms with Crippen molar-refractivity contribution in [3.05, 3.63) is 18.2 Å². The lowest BCUT2D eigenvalue weighted by atomic mass is 9.97. The summed E-state index contributed by atoms with van der Waals surface area (Å²) in [4.78, 5) is 2.53. The van der Waals surface area contributed by atoms with Crippen molar-refractivity contribution >= 4 is 5.69 Å². The average molecular weight is 276 g/mol. The zero-order chi connectivity index (χ0) is 14.1. The van der Waals surface area contributed by atoms with Gasteiger partial charge in [0.25, 0.3) is 0 Å². The maximum absolute atomic E-state index is 5.51. The minimum atomic E-state index is 0.339. The third kappa shape index (κ3) is 2.44. The minimum absolute atomic E-state index is 0.339. The summed E-state index contributed by atoms with van der Waals surface area (Å²) in [6.07, 6.45) is 1.16. The number of hydrogen-bond acceptors (Lipinski definition) is 4. The van der Waals surface area contributed by atoms with Crippen LogP contribution < -0.4 is 19.7 Å². The average Bonchev–Trinajstić information content (AvgIpc) is 2.93. The number of anilines is 1. The van der Waals surface area contributed by atoms with Crippen molar-refractivity contribution in [2.45, 2.75) is 39.3 Å². The molecule has 2 unspecified atom stereocenters. The highest BCUT2D eigenvalue weighted by atomic mass is 16.7. The topological polar surface area (TPSA) is 33.7 Å². The Morgan fingerprint density at radius 1 is 1.30 bits per heavy atom. The molecule has 1 fully saturated rings. The van der Waals surface area contributed by atoms with Crippen LogP contribution in [0.2, 0.25) is 0 Å². The highest BCUT2D eigenvalue weighted by molar-refractivity contribution is 5.58. The molecule has 4 nitrogen and oxygen atoms in total. The Bertz CT molecular complexity index is 476. The van der Waals surface area contributed by atoms with Gasteiger partial charge in [-0.1, -0.05) is 20.8 Å². The Morgan fingerprint density at radius 2 is 2.10 bits per heavy atom. The summed E-state index contributed by atoms with van der Waals surface area (Å²) in [5.74, 6) is 2.35. The Balaban J connectivity index is 1.87. The third-order valence-corrected chi connectivity index (χ3v) is 4.38. The molecule has 0 saturated carbocycles. The molecule has 2 heterocycles. The van der Waals surface area contributed by atoms with Gasteiger partial charge in [0.05, 0.1) is 0 Å². The van der Waals surface area contributed by atoms with E-state index in [2.05, 4.69) is 43.1 Å². The van der Waals surface area contributed by atoms with E-state index >= 15 is 0 Å². The highest BCUT2D eigenvalue weighted by Gasteiger charge is 2.30. The Hall–Kier alpha value is -1.42. The Kier molecular flexibility index (Phi) is 3.74. The van der Waals surface area contributed by atoms with E-state index in [1.165, 1.54) is 5.69 Å². The molecule has 3 rings (SSSR count). The molecule has 1 aromatic carbocycles. The number of nitrogens with zero attached hydrogens (tertiary/aromatic N) is 1. The van der Waals surface area contributed by atoms with E-state index in [1.807, 2.05) is 6.07 Å². The van der Waals surface area contributed by atoms with E-state index < -0.39 is 0 Å². The number of fused-ring (bicyclic) bond motifs is 1. The maximum Gasteiger partial charge on any atom is 0.231 e. The molecular weight excluding hydrogens is 252 g/mol. The van der Waals surface area contributed by atoms with Crippen LogP contribution in [0.3, 0.4) is 0 Å². The zero-order valence-electron chi connectivity index (χ0n) is 12.6. The first-order valence-electron chi connectivity index (χ1n) is 7.58. The van der Waals surface area contributed by atoms with Crippen molar-refractivity contribution in [3.63, 3.8) is 0 Å². The first-order chi connectivity index (χ1) is 9.69. The molecule has 0 aromatic heterocycles. The largest absolute Gasteiger partial charge is 0.454 e. The van der Waals surface area contributed by atoms with Gasteiger partial charge >= 0.3 is 0 Å². The van der Waals surface area contributed by atoms with Gasteiger partial charge < -0.3 is 19.7 Å². The number of piperazine rings is 1. The molecule has 4 heteroatoms. The van der Waals surface area contributed by atoms with Gasteiger partial charge in [0.1, 0.15) is 0 Å². The predicted octanol–water partition coefficient (Wildman–Crippen LogP) is 2.63. The van der Waals surface area contributed by atoms with Gasteiger partial charge in [-0.2, -0.15) is 0 Å². The van der Waals surface area contributed by atoms with E-state index in [-0.39, 0.29) is 0 Å². The molecule has 0 radical (unpaired) electrons. The van der Waals surface area contributed by atoms with Crippen molar-refractivity contribution in [3.8, 4) is 11.5 Å². The standard InChI is InChI=1S/C16H24N2O2/c1-4-12-9-18(14(8-17-12)11(2)3)13-5-6-15-16(7-13)20-10-19-15/h5-7,11-12,14,17H,4,8-10H2,1-3H3. The molecule has 1 N–H and O–H groups in total. The lowest BCUT2D eigenvalue weighted by molar-refractivity contribution is 0.174. The summed E-state index contributed by atoms with van der Waals surface area (Å²) >= 11 is 0. The molecule has 2 aliphatic rings. The smallest absolute Gasteiger partial charge is 0.231 e. The lowest BCUT2D eigenvalue weighted by Gasteiger charge is -2.43. The van der Waals surface area contributed by atoms with E-state index in [9.17, 15) is 0 Å². The van der Waals surface area contributed by atoms with Crippen LogP contribution in [0.5, 0.6) is 11.5 Å². The van der Waals surface area contributed by atoms with E-state index in [4.69, 9.17) is 9.47 Å². The van der Waals surface area contributed by atoms with Crippen LogP contribution in [0, 0.1) is 5.92 Å². The van der Waals surface area contributed by atoms with Gasteiger partial charge in [-0.05, 0) is 24.5 Å². The highest BCUT2D eigenvalue weighted by Crippen LogP contribution is 2.37. The second kappa shape index (κ2) is 5.52. The number of nitrogens with one attached hydrogen (secondary N) is 1. The number of rotatable bonds is 3.